The lowest BCUT2D eigenvalue weighted by atomic mass is 10.2. The Kier molecular flexibility index (Phi) is 12.6. The Bertz CT molecular complexity index is 676. The van der Waals surface area contributed by atoms with Gasteiger partial charge in [-0.1, -0.05) is 38.8 Å². The fraction of sp³-hybridized carbons (Fsp3) is 0.316. The molecular formula is C19H24ClF2N3O. The Morgan fingerprint density at radius 1 is 1.31 bits per heavy atom. The van der Waals surface area contributed by atoms with E-state index in [1.54, 1.807) is 31.5 Å². The van der Waals surface area contributed by atoms with Gasteiger partial charge in [-0.15, -0.1) is 0 Å². The monoisotopic (exact) mass is 383 g/mol. The minimum Gasteiger partial charge on any atom is -0.329 e. The largest absolute Gasteiger partial charge is 0.329 e. The minimum absolute atomic E-state index is 0.311. The van der Waals surface area contributed by atoms with E-state index in [1.807, 2.05) is 0 Å². The number of nitrogens with zero attached hydrogens (tertiary/aromatic N) is 2. The van der Waals surface area contributed by atoms with E-state index in [0.717, 1.165) is 17.7 Å². The summed E-state index contributed by atoms with van der Waals surface area (Å²) < 4.78 is 23.5. The van der Waals surface area contributed by atoms with Gasteiger partial charge < -0.3 is 5.32 Å². The van der Waals surface area contributed by atoms with Gasteiger partial charge in [-0.25, -0.2) is 0 Å². The lowest BCUT2D eigenvalue weighted by Crippen LogP contribution is -1.92. The van der Waals surface area contributed by atoms with E-state index in [9.17, 15) is 13.6 Å². The quantitative estimate of drug-likeness (QED) is 0.660. The minimum atomic E-state index is -1.75. The van der Waals surface area contributed by atoms with Crippen molar-refractivity contribution in [2.75, 3.05) is 5.32 Å². The van der Waals surface area contributed by atoms with E-state index >= 15 is 0 Å². The zero-order valence-corrected chi connectivity index (χ0v) is 16.1. The molecule has 2 rings (SSSR count). The first-order valence-corrected chi connectivity index (χ1v) is 8.42. The van der Waals surface area contributed by atoms with Crippen molar-refractivity contribution in [3.05, 3.63) is 59.2 Å². The Balaban J connectivity index is 0.000000394. The molecule has 2 aromatic rings. The first-order chi connectivity index (χ1) is 12.3. The van der Waals surface area contributed by atoms with Gasteiger partial charge in [0.05, 0.1) is 10.7 Å². The standard InChI is InChI=1S/C8H6ClF2N.C6H6N2O.C5H12/c1-5-7(9)2-6(4-12-5)3-8(10)11;9-5-8-6-1-3-7-4-2-6;1-4-5(2)3/h2-4H,1H3;1-5H,(H,7,8,9);5H,4H2,1-3H3. The molecule has 7 heteroatoms. The van der Waals surface area contributed by atoms with E-state index in [4.69, 9.17) is 11.6 Å². The topological polar surface area (TPSA) is 54.9 Å². The molecule has 4 nitrogen and oxygen atoms in total. The van der Waals surface area contributed by atoms with E-state index in [0.29, 0.717) is 22.7 Å². The number of anilines is 1. The highest BCUT2D eigenvalue weighted by Crippen LogP contribution is 2.16. The molecule has 0 radical (unpaired) electrons. The molecule has 0 saturated carbocycles. The van der Waals surface area contributed by atoms with Crippen LogP contribution < -0.4 is 5.32 Å². The smallest absolute Gasteiger partial charge is 0.270 e. The lowest BCUT2D eigenvalue weighted by Gasteiger charge is -1.96. The molecule has 0 unspecified atom stereocenters. The van der Waals surface area contributed by atoms with Gasteiger partial charge in [-0.05, 0) is 36.6 Å². The molecule has 0 aliphatic carbocycles. The van der Waals surface area contributed by atoms with Crippen molar-refractivity contribution in [2.45, 2.75) is 34.1 Å². The van der Waals surface area contributed by atoms with Crippen LogP contribution >= 0.6 is 11.6 Å². The van der Waals surface area contributed by atoms with Crippen molar-refractivity contribution in [1.82, 2.24) is 9.97 Å². The number of amides is 1. The SMILES string of the molecule is CCC(C)C.Cc1ncc(C=C(F)F)cc1Cl.O=CNc1ccncc1. The zero-order valence-electron chi connectivity index (χ0n) is 15.3. The summed E-state index contributed by atoms with van der Waals surface area (Å²) in [5.74, 6) is 0.884. The van der Waals surface area contributed by atoms with Crippen molar-refractivity contribution >= 4 is 29.8 Å². The molecule has 1 N–H and O–H groups in total. The van der Waals surface area contributed by atoms with Crippen molar-refractivity contribution in [3.8, 4) is 0 Å². The summed E-state index contributed by atoms with van der Waals surface area (Å²) in [6.07, 6.45) is 5.49. The number of halogens is 3. The van der Waals surface area contributed by atoms with Gasteiger partial charge in [-0.3, -0.25) is 14.8 Å². The molecule has 0 saturated heterocycles. The predicted molar refractivity (Wildman–Crippen MR) is 103 cm³/mol. The molecule has 26 heavy (non-hydrogen) atoms. The number of carbonyl (C=O) groups is 1. The second-order valence-corrected chi connectivity index (χ2v) is 5.98. The first-order valence-electron chi connectivity index (χ1n) is 8.05. The number of carbonyl (C=O) groups excluding carboxylic acids is 1. The molecule has 0 fully saturated rings. The second-order valence-electron chi connectivity index (χ2n) is 5.57. The maximum absolute atomic E-state index is 11.7. The maximum atomic E-state index is 11.7. The third-order valence-electron chi connectivity index (χ3n) is 3.04. The average Bonchev–Trinajstić information content (AvgIpc) is 2.60. The van der Waals surface area contributed by atoms with Crippen LogP contribution in [-0.2, 0) is 4.79 Å². The number of aryl methyl sites for hydroxylation is 1. The number of rotatable bonds is 4. The van der Waals surface area contributed by atoms with E-state index < -0.39 is 6.08 Å². The molecule has 2 heterocycles. The van der Waals surface area contributed by atoms with Crippen molar-refractivity contribution in [1.29, 1.82) is 0 Å². The van der Waals surface area contributed by atoms with Crippen LogP contribution in [-0.4, -0.2) is 16.4 Å². The highest BCUT2D eigenvalue weighted by Gasteiger charge is 1.98. The van der Waals surface area contributed by atoms with E-state index in [2.05, 4.69) is 36.1 Å². The molecule has 0 aromatic carbocycles. The number of hydrogen-bond donors (Lipinski definition) is 1. The summed E-state index contributed by atoms with van der Waals surface area (Å²) in [7, 11) is 0. The van der Waals surface area contributed by atoms with Crippen LogP contribution in [0.25, 0.3) is 6.08 Å². The van der Waals surface area contributed by atoms with Crippen LogP contribution in [0, 0.1) is 12.8 Å². The molecule has 0 bridgehead atoms. The molecular weight excluding hydrogens is 360 g/mol. The van der Waals surface area contributed by atoms with E-state index in [1.165, 1.54) is 18.7 Å². The van der Waals surface area contributed by atoms with Crippen LogP contribution in [0.4, 0.5) is 14.5 Å². The predicted octanol–water partition coefficient (Wildman–Crippen LogP) is 5.98. The average molecular weight is 384 g/mol. The lowest BCUT2D eigenvalue weighted by molar-refractivity contribution is -0.105. The third kappa shape index (κ3) is 12.1. The number of aromatic nitrogens is 2. The van der Waals surface area contributed by atoms with Crippen molar-refractivity contribution in [2.24, 2.45) is 5.92 Å². The van der Waals surface area contributed by atoms with Crippen LogP contribution in [0.3, 0.4) is 0 Å². The number of nitrogens with one attached hydrogen (secondary N) is 1. The number of pyridine rings is 2. The Hall–Kier alpha value is -2.34. The Morgan fingerprint density at radius 3 is 2.31 bits per heavy atom. The van der Waals surface area contributed by atoms with Gasteiger partial charge in [0.1, 0.15) is 0 Å². The van der Waals surface area contributed by atoms with Gasteiger partial charge in [0, 0.05) is 30.4 Å². The molecule has 0 spiro atoms. The molecule has 142 valence electrons. The summed E-state index contributed by atoms with van der Waals surface area (Å²) in [6.45, 7) is 8.35. The summed E-state index contributed by atoms with van der Waals surface area (Å²) >= 11 is 5.66. The van der Waals surface area contributed by atoms with Crippen LogP contribution in [0.2, 0.25) is 5.02 Å². The molecule has 0 aliphatic heterocycles. The van der Waals surface area contributed by atoms with Crippen molar-refractivity contribution < 1.29 is 13.6 Å². The fourth-order valence-electron chi connectivity index (χ4n) is 1.24. The number of hydrogen-bond acceptors (Lipinski definition) is 3. The summed E-state index contributed by atoms with van der Waals surface area (Å²) in [5.41, 5.74) is 1.71. The molecule has 1 amide bonds. The Labute approximate surface area is 158 Å². The first kappa shape index (κ1) is 23.7. The van der Waals surface area contributed by atoms with Gasteiger partial charge in [0.25, 0.3) is 6.08 Å². The summed E-state index contributed by atoms with van der Waals surface area (Å²) in [4.78, 5) is 17.4. The fourth-order valence-corrected chi connectivity index (χ4v) is 1.42. The highest BCUT2D eigenvalue weighted by atomic mass is 35.5. The third-order valence-corrected chi connectivity index (χ3v) is 3.43. The van der Waals surface area contributed by atoms with Crippen LogP contribution in [0.5, 0.6) is 0 Å². The van der Waals surface area contributed by atoms with Gasteiger partial charge in [0.2, 0.25) is 6.41 Å². The normalized spacial score (nSPS) is 9.23. The van der Waals surface area contributed by atoms with Gasteiger partial charge >= 0.3 is 0 Å². The molecule has 2 aromatic heterocycles. The summed E-state index contributed by atoms with van der Waals surface area (Å²) in [6, 6.07) is 4.88. The van der Waals surface area contributed by atoms with E-state index in [-0.39, 0.29) is 0 Å². The molecule has 0 aliphatic rings. The highest BCUT2D eigenvalue weighted by molar-refractivity contribution is 6.31. The van der Waals surface area contributed by atoms with Crippen LogP contribution in [0.1, 0.15) is 38.4 Å². The van der Waals surface area contributed by atoms with Gasteiger partial charge in [0.15, 0.2) is 0 Å². The second kappa shape index (κ2) is 13.9. The Morgan fingerprint density at radius 2 is 1.88 bits per heavy atom. The van der Waals surface area contributed by atoms with Crippen LogP contribution in [0.15, 0.2) is 42.9 Å². The summed E-state index contributed by atoms with van der Waals surface area (Å²) in [5, 5.41) is 2.88. The zero-order chi connectivity index (χ0) is 19.9. The maximum Gasteiger partial charge on any atom is 0.270 e. The van der Waals surface area contributed by atoms with Gasteiger partial charge in [-0.2, -0.15) is 8.78 Å². The van der Waals surface area contributed by atoms with Crippen molar-refractivity contribution in [3.63, 3.8) is 0 Å². The molecule has 0 atom stereocenters.